The first-order valence-corrected chi connectivity index (χ1v) is 23.4. The minimum atomic E-state index is 0.800. The summed E-state index contributed by atoms with van der Waals surface area (Å²) in [5.41, 5.74) is 12.9. The molecule has 0 saturated heterocycles. The quantitative estimate of drug-likeness (QED) is 0.0986. The zero-order valence-electron chi connectivity index (χ0n) is 37.0. The van der Waals surface area contributed by atoms with E-state index in [0.717, 1.165) is 163 Å². The lowest BCUT2D eigenvalue weighted by Crippen LogP contribution is -2.26. The van der Waals surface area contributed by atoms with Gasteiger partial charge in [-0.1, -0.05) is 0 Å². The molecule has 68 heavy (non-hydrogen) atoms. The molecule has 0 radical (unpaired) electrons. The summed E-state index contributed by atoms with van der Waals surface area (Å²) in [7, 11) is 0. The molecule has 344 valence electrons. The highest BCUT2D eigenvalue weighted by Gasteiger charge is 2.14. The third-order valence-corrected chi connectivity index (χ3v) is 12.0. The Labute approximate surface area is 407 Å². The molecule has 8 N–H and O–H groups in total. The third-order valence-electron chi connectivity index (χ3n) is 10.4. The van der Waals surface area contributed by atoms with Gasteiger partial charge in [-0.2, -0.15) is 0 Å². The highest BCUT2D eigenvalue weighted by Crippen LogP contribution is 2.30. The fourth-order valence-corrected chi connectivity index (χ4v) is 8.19. The van der Waals surface area contributed by atoms with Crippen LogP contribution in [0.4, 0.5) is 22.7 Å². The number of nitrogens with one attached hydrogen (secondary N) is 8. The number of guanidine groups is 4. The predicted molar refractivity (Wildman–Crippen MR) is 279 cm³/mol. The minimum absolute atomic E-state index is 0.800. The Balaban J connectivity index is 0.000000113. The Morgan fingerprint density at radius 1 is 0.426 bits per heavy atom. The van der Waals surface area contributed by atoms with Crippen LogP contribution in [0, 0.1) is 13.8 Å². The monoisotopic (exact) mass is 1040 g/mol. The fourth-order valence-electron chi connectivity index (χ4n) is 7.13. The van der Waals surface area contributed by atoms with E-state index in [1.54, 1.807) is 43.4 Å². The molecule has 20 nitrogen and oxygen atoms in total. The fraction of sp³-hybridized carbons (Fsp3) is 0.217. The van der Waals surface area contributed by atoms with Crippen molar-refractivity contribution in [3.05, 3.63) is 118 Å². The lowest BCUT2D eigenvalue weighted by molar-refractivity contribution is 0.959. The van der Waals surface area contributed by atoms with Crippen molar-refractivity contribution in [1.29, 1.82) is 0 Å². The second-order valence-corrected chi connectivity index (χ2v) is 16.8. The van der Waals surface area contributed by atoms with Crippen LogP contribution in [0.2, 0.25) is 0 Å². The van der Waals surface area contributed by atoms with E-state index in [0.29, 0.717) is 0 Å². The number of halogens is 2. The van der Waals surface area contributed by atoms with E-state index in [9.17, 15) is 0 Å². The van der Waals surface area contributed by atoms with E-state index in [1.807, 2.05) is 68.4 Å². The van der Waals surface area contributed by atoms with Crippen LogP contribution in [0.5, 0.6) is 0 Å². The Kier molecular flexibility index (Phi) is 14.5. The number of nitrogens with zero attached hydrogens (tertiary/aromatic N) is 12. The van der Waals surface area contributed by atoms with Crippen LogP contribution in [0.15, 0.2) is 127 Å². The second kappa shape index (κ2) is 21.7. The maximum absolute atomic E-state index is 4.50. The summed E-state index contributed by atoms with van der Waals surface area (Å²) < 4.78 is 1.81. The molecular formula is C46H46Br2N20. The molecule has 0 fully saturated rings. The van der Waals surface area contributed by atoms with Gasteiger partial charge >= 0.3 is 0 Å². The van der Waals surface area contributed by atoms with Crippen LogP contribution in [0.25, 0.3) is 44.1 Å². The smallest absolute Gasteiger partial charge is 0.195 e. The topological polar surface area (TPSA) is 249 Å². The van der Waals surface area contributed by atoms with Gasteiger partial charge in [-0.25, -0.2) is 4.98 Å². The van der Waals surface area contributed by atoms with Crippen LogP contribution < -0.4 is 42.5 Å². The Morgan fingerprint density at radius 3 is 1.41 bits per heavy atom. The molecule has 12 rings (SSSR count). The normalized spacial score (nSPS) is 14.5. The van der Waals surface area contributed by atoms with Crippen molar-refractivity contribution in [2.45, 2.75) is 13.8 Å². The number of anilines is 4. The van der Waals surface area contributed by atoms with Crippen LogP contribution in [-0.2, 0) is 0 Å². The van der Waals surface area contributed by atoms with Crippen molar-refractivity contribution in [2.75, 3.05) is 73.6 Å². The van der Waals surface area contributed by atoms with E-state index in [-0.39, 0.29) is 0 Å². The van der Waals surface area contributed by atoms with Gasteiger partial charge in [0.05, 0.1) is 85.3 Å². The van der Waals surface area contributed by atoms with E-state index >= 15 is 0 Å². The first-order valence-electron chi connectivity index (χ1n) is 21.8. The molecule has 0 atom stereocenters. The number of benzene rings is 4. The Morgan fingerprint density at radius 2 is 0.853 bits per heavy atom. The van der Waals surface area contributed by atoms with Crippen molar-refractivity contribution in [3.63, 3.8) is 0 Å². The lowest BCUT2D eigenvalue weighted by atomic mass is 10.1. The van der Waals surface area contributed by atoms with Crippen molar-refractivity contribution in [1.82, 2.24) is 61.1 Å². The molecule has 0 amide bonds. The van der Waals surface area contributed by atoms with Gasteiger partial charge in [0.1, 0.15) is 11.0 Å². The van der Waals surface area contributed by atoms with Gasteiger partial charge in [0.25, 0.3) is 0 Å². The second-order valence-electron chi connectivity index (χ2n) is 15.2. The van der Waals surface area contributed by atoms with Crippen molar-refractivity contribution >= 4 is 123 Å². The number of aromatic nitrogens is 8. The van der Waals surface area contributed by atoms with Gasteiger partial charge in [0.15, 0.2) is 23.8 Å². The molecular weight excluding hydrogens is 992 g/mol. The van der Waals surface area contributed by atoms with Crippen molar-refractivity contribution in [3.8, 4) is 0 Å². The molecule has 0 aliphatic carbocycles. The molecule has 0 unspecified atom stereocenters. The summed E-state index contributed by atoms with van der Waals surface area (Å²) >= 11 is 7.12. The summed E-state index contributed by atoms with van der Waals surface area (Å²) in [5.74, 6) is 3.25. The van der Waals surface area contributed by atoms with Crippen LogP contribution in [0.3, 0.4) is 0 Å². The number of aryl methyl sites for hydroxylation is 2. The lowest BCUT2D eigenvalue weighted by Gasteiger charge is -2.10. The molecule has 4 aromatic carbocycles. The summed E-state index contributed by atoms with van der Waals surface area (Å²) in [4.78, 5) is 51.7. The van der Waals surface area contributed by atoms with E-state index in [2.05, 4.69) is 134 Å². The number of aliphatic imine (C=N–C) groups is 4. The van der Waals surface area contributed by atoms with Gasteiger partial charge in [0, 0.05) is 86.5 Å². The van der Waals surface area contributed by atoms with E-state index in [1.165, 1.54) is 0 Å². The van der Waals surface area contributed by atoms with Gasteiger partial charge in [0.2, 0.25) is 0 Å². The number of fused-ring (bicyclic) bond motifs is 4. The van der Waals surface area contributed by atoms with Crippen molar-refractivity contribution < 1.29 is 0 Å². The van der Waals surface area contributed by atoms with Crippen LogP contribution in [0.1, 0.15) is 11.3 Å². The molecule has 0 bridgehead atoms. The van der Waals surface area contributed by atoms with Gasteiger partial charge < -0.3 is 42.5 Å². The van der Waals surface area contributed by atoms with Crippen LogP contribution >= 0.6 is 31.9 Å². The molecule has 8 aromatic rings. The highest BCUT2D eigenvalue weighted by atomic mass is 79.9. The zero-order chi connectivity index (χ0) is 46.7. The molecule has 0 saturated carbocycles. The zero-order valence-corrected chi connectivity index (χ0v) is 40.2. The summed E-state index contributed by atoms with van der Waals surface area (Å²) in [6, 6.07) is 17.7. The number of hydrogen-bond donors (Lipinski definition) is 8. The van der Waals surface area contributed by atoms with Gasteiger partial charge in [-0.3, -0.25) is 54.9 Å². The van der Waals surface area contributed by atoms with Gasteiger partial charge in [-0.15, -0.1) is 0 Å². The third kappa shape index (κ3) is 11.3. The largest absolute Gasteiger partial charge is 0.354 e. The maximum atomic E-state index is 4.50. The first-order chi connectivity index (χ1) is 33.3. The molecule has 4 aliphatic rings. The highest BCUT2D eigenvalue weighted by molar-refractivity contribution is 9.11. The summed E-state index contributed by atoms with van der Waals surface area (Å²) in [6.07, 6.45) is 11.9. The first kappa shape index (κ1) is 45.4. The average molecular weight is 1040 g/mol. The van der Waals surface area contributed by atoms with E-state index < -0.39 is 0 Å². The molecule has 4 aliphatic heterocycles. The predicted octanol–water partition coefficient (Wildman–Crippen LogP) is 6.15. The maximum Gasteiger partial charge on any atom is 0.195 e. The average Bonchev–Trinajstić information content (AvgIpc) is 4.25. The number of hydrogen-bond acceptors (Lipinski definition) is 20. The van der Waals surface area contributed by atoms with Crippen LogP contribution in [-0.4, -0.2) is 116 Å². The summed E-state index contributed by atoms with van der Waals surface area (Å²) in [6.45, 7) is 10.8. The Hall–Kier alpha value is -7.72. The standard InChI is InChI=1S/C12H12BrN5.C12H13N5.C11H10BrN5.C11H11N5/c1-7-6-16-9-3-2-8(10(13)11(9)17-7)18-12-14-4-5-15-12;1-8-9(17-12-15-6-7-16-12)2-3-10-11(8)14-5-4-13-10;12-9-7(17-11-15-5-6-16-11)1-2-8-10(9)14-4-3-13-8;1-2-9-10(13-4-3-12-9)7-8(1)16-11-14-5-6-15-11/h2-3,6H,4-5H2,1H3,(H2,14,15,18);2-5H,6-7H2,1H3,(H2,15,16,17);1-4H,5-6H2,(H2,15,16,17);1-4,7H,5-6H2,(H2,14,15,16). The Bertz CT molecular complexity index is 3120. The minimum Gasteiger partial charge on any atom is -0.354 e. The van der Waals surface area contributed by atoms with Crippen molar-refractivity contribution in [2.24, 2.45) is 20.0 Å². The van der Waals surface area contributed by atoms with E-state index in [4.69, 9.17) is 0 Å². The molecule has 0 spiro atoms. The molecule has 4 aromatic heterocycles. The SMILES string of the molecule is Brc1c(NC2=NCCN2)ccc2nccnc12.Cc1c(NC2=NCCN2)ccc2nccnc12.Cc1cnc2ccc(NC3=NCCN3)c(Br)c2n1.c1cnc2cc(NC3=NCCN3)ccc2n1. The summed E-state index contributed by atoms with van der Waals surface area (Å²) in [5, 5.41) is 25.6. The molecule has 22 heteroatoms. The number of rotatable bonds is 4. The molecule has 8 heterocycles. The van der Waals surface area contributed by atoms with Gasteiger partial charge in [-0.05, 0) is 100 Å².